The summed E-state index contributed by atoms with van der Waals surface area (Å²) in [6.07, 6.45) is 0. The first-order valence-electron chi connectivity index (χ1n) is 4.53. The Hall–Kier alpha value is -0.730. The molecule has 0 amide bonds. The van der Waals surface area contributed by atoms with E-state index in [1.165, 1.54) is 20.9 Å². The van der Waals surface area contributed by atoms with Crippen LogP contribution in [-0.4, -0.2) is 0 Å². The molecule has 0 aliphatic carbocycles. The van der Waals surface area contributed by atoms with E-state index in [9.17, 15) is 0 Å². The molecule has 0 saturated heterocycles. The fourth-order valence-corrected chi connectivity index (χ4v) is 2.65. The summed E-state index contributed by atoms with van der Waals surface area (Å²) in [5, 5.41) is 0. The quantitative estimate of drug-likeness (QED) is 0.680. The molecule has 0 aliphatic heterocycles. The van der Waals surface area contributed by atoms with E-state index < -0.39 is 0 Å². The second-order valence-corrected chi connectivity index (χ2v) is 5.35. The number of benzene rings is 1. The number of aryl methyl sites for hydroxylation is 2. The van der Waals surface area contributed by atoms with Crippen molar-refractivity contribution in [1.82, 2.24) is 0 Å². The highest BCUT2D eigenvalue weighted by molar-refractivity contribution is 7.80. The molecule has 72 valence electrons. The number of hydrogen-bond acceptors (Lipinski definition) is 2. The maximum absolute atomic E-state index is 4.28. The van der Waals surface area contributed by atoms with Gasteiger partial charge in [0.25, 0.3) is 0 Å². The van der Waals surface area contributed by atoms with E-state index in [2.05, 4.69) is 44.7 Å². The van der Waals surface area contributed by atoms with E-state index in [-0.39, 0.29) is 0 Å². The van der Waals surface area contributed by atoms with E-state index in [0.29, 0.717) is 0 Å². The molecule has 0 bridgehead atoms. The average molecular weight is 220 g/mol. The van der Waals surface area contributed by atoms with E-state index in [0.717, 1.165) is 4.90 Å². The highest BCUT2D eigenvalue weighted by Gasteiger charge is 2.04. The third-order valence-electron chi connectivity index (χ3n) is 2.22. The first-order chi connectivity index (χ1) is 6.66. The SMILES string of the molecule is Cc1cc(-c2ccc(S)cc2)c(C)s1. The Morgan fingerprint density at radius 3 is 2.21 bits per heavy atom. The van der Waals surface area contributed by atoms with Gasteiger partial charge >= 0.3 is 0 Å². The topological polar surface area (TPSA) is 0 Å². The molecule has 0 aliphatic rings. The zero-order valence-corrected chi connectivity index (χ0v) is 9.95. The van der Waals surface area contributed by atoms with Gasteiger partial charge in [0.2, 0.25) is 0 Å². The molecule has 0 spiro atoms. The van der Waals surface area contributed by atoms with Crippen LogP contribution in [0.1, 0.15) is 9.75 Å². The van der Waals surface area contributed by atoms with Crippen LogP contribution >= 0.6 is 24.0 Å². The monoisotopic (exact) mass is 220 g/mol. The van der Waals surface area contributed by atoms with Gasteiger partial charge in [0.15, 0.2) is 0 Å². The van der Waals surface area contributed by atoms with E-state index in [4.69, 9.17) is 0 Å². The predicted octanol–water partition coefficient (Wildman–Crippen LogP) is 4.32. The minimum absolute atomic E-state index is 1.01. The van der Waals surface area contributed by atoms with Crippen molar-refractivity contribution in [2.24, 2.45) is 0 Å². The summed E-state index contributed by atoms with van der Waals surface area (Å²) in [5.74, 6) is 0. The lowest BCUT2D eigenvalue weighted by molar-refractivity contribution is 1.46. The zero-order chi connectivity index (χ0) is 10.1. The maximum Gasteiger partial charge on any atom is 0.00954 e. The molecule has 0 unspecified atom stereocenters. The van der Waals surface area contributed by atoms with Crippen molar-refractivity contribution in [3.05, 3.63) is 40.1 Å². The lowest BCUT2D eigenvalue weighted by Crippen LogP contribution is -1.75. The van der Waals surface area contributed by atoms with Gasteiger partial charge in [-0.2, -0.15) is 0 Å². The van der Waals surface area contributed by atoms with Crippen LogP contribution in [0, 0.1) is 13.8 Å². The molecule has 1 aromatic carbocycles. The summed E-state index contributed by atoms with van der Waals surface area (Å²) in [7, 11) is 0. The van der Waals surface area contributed by atoms with Crippen molar-refractivity contribution in [2.45, 2.75) is 18.7 Å². The molecule has 0 N–H and O–H groups in total. The highest BCUT2D eigenvalue weighted by atomic mass is 32.1. The Balaban J connectivity index is 2.49. The van der Waals surface area contributed by atoms with Crippen molar-refractivity contribution >= 4 is 24.0 Å². The third kappa shape index (κ3) is 1.86. The predicted molar refractivity (Wildman–Crippen MR) is 66.5 cm³/mol. The maximum atomic E-state index is 4.28. The van der Waals surface area contributed by atoms with Gasteiger partial charge in [0.05, 0.1) is 0 Å². The molecule has 0 nitrogen and oxygen atoms in total. The van der Waals surface area contributed by atoms with Crippen molar-refractivity contribution in [1.29, 1.82) is 0 Å². The van der Waals surface area contributed by atoms with Crippen LogP contribution in [0.4, 0.5) is 0 Å². The molecule has 0 atom stereocenters. The zero-order valence-electron chi connectivity index (χ0n) is 8.24. The molecule has 2 heteroatoms. The molecule has 2 aromatic rings. The number of thiophene rings is 1. The van der Waals surface area contributed by atoms with Gasteiger partial charge in [-0.1, -0.05) is 12.1 Å². The lowest BCUT2D eigenvalue weighted by atomic mass is 10.1. The van der Waals surface area contributed by atoms with Crippen LogP contribution < -0.4 is 0 Å². The van der Waals surface area contributed by atoms with Crippen molar-refractivity contribution in [3.8, 4) is 11.1 Å². The van der Waals surface area contributed by atoms with Gasteiger partial charge in [-0.25, -0.2) is 0 Å². The number of hydrogen-bond donors (Lipinski definition) is 1. The normalized spacial score (nSPS) is 10.5. The van der Waals surface area contributed by atoms with Gasteiger partial charge in [0, 0.05) is 14.6 Å². The van der Waals surface area contributed by atoms with Crippen LogP contribution in [0.5, 0.6) is 0 Å². The molecule has 1 heterocycles. The summed E-state index contributed by atoms with van der Waals surface area (Å²) in [6, 6.07) is 10.6. The van der Waals surface area contributed by atoms with Crippen LogP contribution in [-0.2, 0) is 0 Å². The van der Waals surface area contributed by atoms with Gasteiger partial charge in [0.1, 0.15) is 0 Å². The highest BCUT2D eigenvalue weighted by Crippen LogP contribution is 2.30. The van der Waals surface area contributed by atoms with Crippen LogP contribution in [0.3, 0.4) is 0 Å². The van der Waals surface area contributed by atoms with E-state index in [1.54, 1.807) is 0 Å². The van der Waals surface area contributed by atoms with Crippen molar-refractivity contribution in [3.63, 3.8) is 0 Å². The van der Waals surface area contributed by atoms with Crippen molar-refractivity contribution in [2.75, 3.05) is 0 Å². The molecule has 0 radical (unpaired) electrons. The van der Waals surface area contributed by atoms with Gasteiger partial charge in [-0.05, 0) is 43.2 Å². The first kappa shape index (κ1) is 9.81. The van der Waals surface area contributed by atoms with E-state index >= 15 is 0 Å². The Labute approximate surface area is 94.0 Å². The van der Waals surface area contributed by atoms with Crippen LogP contribution in [0.2, 0.25) is 0 Å². The van der Waals surface area contributed by atoms with Gasteiger partial charge < -0.3 is 0 Å². The smallest absolute Gasteiger partial charge is 0.00954 e. The Morgan fingerprint density at radius 1 is 1.07 bits per heavy atom. The molecule has 0 saturated carbocycles. The molecule has 14 heavy (non-hydrogen) atoms. The second-order valence-electron chi connectivity index (χ2n) is 3.37. The van der Waals surface area contributed by atoms with Crippen molar-refractivity contribution < 1.29 is 0 Å². The standard InChI is InChI=1S/C12H12S2/c1-8-7-12(9(2)14-8)10-3-5-11(13)6-4-10/h3-7,13H,1-2H3. The summed E-state index contributed by atoms with van der Waals surface area (Å²) in [6.45, 7) is 4.32. The minimum atomic E-state index is 1.01. The largest absolute Gasteiger partial charge is 0.145 e. The number of rotatable bonds is 1. The lowest BCUT2D eigenvalue weighted by Gasteiger charge is -1.99. The Morgan fingerprint density at radius 2 is 1.71 bits per heavy atom. The summed E-state index contributed by atoms with van der Waals surface area (Å²) >= 11 is 6.13. The molecule has 0 fully saturated rings. The second kappa shape index (κ2) is 3.79. The Kier molecular flexibility index (Phi) is 2.66. The fourth-order valence-electron chi connectivity index (χ4n) is 1.56. The fraction of sp³-hybridized carbons (Fsp3) is 0.167. The van der Waals surface area contributed by atoms with Crippen LogP contribution in [0.15, 0.2) is 35.2 Å². The van der Waals surface area contributed by atoms with Crippen LogP contribution in [0.25, 0.3) is 11.1 Å². The molecule has 2 rings (SSSR count). The third-order valence-corrected chi connectivity index (χ3v) is 3.48. The summed E-state index contributed by atoms with van der Waals surface area (Å²) in [4.78, 5) is 3.76. The van der Waals surface area contributed by atoms with Gasteiger partial charge in [-0.3, -0.25) is 0 Å². The minimum Gasteiger partial charge on any atom is -0.145 e. The summed E-state index contributed by atoms with van der Waals surface area (Å²) in [5.41, 5.74) is 2.63. The molecular weight excluding hydrogens is 208 g/mol. The Bertz CT molecular complexity index is 438. The first-order valence-corrected chi connectivity index (χ1v) is 5.79. The number of thiol groups is 1. The van der Waals surface area contributed by atoms with E-state index in [1.807, 2.05) is 23.5 Å². The molecular formula is C12H12S2. The molecule has 1 aromatic heterocycles. The average Bonchev–Trinajstić information content (AvgIpc) is 2.47. The van der Waals surface area contributed by atoms with Gasteiger partial charge in [-0.15, -0.1) is 24.0 Å². The summed E-state index contributed by atoms with van der Waals surface area (Å²) < 4.78 is 0.